The van der Waals surface area contributed by atoms with E-state index in [-0.39, 0.29) is 23.4 Å². The Morgan fingerprint density at radius 1 is 1.30 bits per heavy atom. The number of non-ortho nitro benzene ring substituents is 1. The molecular formula is C27H27BrN4O7S. The molecule has 1 saturated heterocycles. The molecule has 40 heavy (non-hydrogen) atoms. The molecule has 1 aromatic carbocycles. The van der Waals surface area contributed by atoms with E-state index in [1.165, 1.54) is 47.9 Å². The van der Waals surface area contributed by atoms with E-state index in [9.17, 15) is 24.5 Å². The molecule has 1 aromatic heterocycles. The van der Waals surface area contributed by atoms with Crippen molar-refractivity contribution >= 4 is 51.2 Å². The van der Waals surface area contributed by atoms with Crippen LogP contribution in [0.5, 0.6) is 0 Å². The molecular weight excluding hydrogens is 604 g/mol. The average Bonchev–Trinajstić information content (AvgIpc) is 3.50. The highest BCUT2D eigenvalue weighted by molar-refractivity contribution is 9.10. The normalized spacial score (nSPS) is 27.9. The highest BCUT2D eigenvalue weighted by Crippen LogP contribution is 2.64. The predicted octanol–water partition coefficient (Wildman–Crippen LogP) is 4.25. The van der Waals surface area contributed by atoms with Gasteiger partial charge in [-0.3, -0.25) is 29.3 Å². The van der Waals surface area contributed by atoms with Gasteiger partial charge in [-0.05, 0) is 41.9 Å². The first kappa shape index (κ1) is 27.0. The molecule has 11 nitrogen and oxygen atoms in total. The Balaban J connectivity index is 1.22. The van der Waals surface area contributed by atoms with Crippen LogP contribution in [0.4, 0.5) is 5.69 Å². The fourth-order valence-corrected chi connectivity index (χ4v) is 8.71. The molecule has 1 saturated carbocycles. The number of ether oxygens (including phenoxy) is 2. The Morgan fingerprint density at radius 2 is 2.00 bits per heavy atom. The molecule has 13 heteroatoms. The van der Waals surface area contributed by atoms with E-state index in [4.69, 9.17) is 14.6 Å². The lowest BCUT2D eigenvalue weighted by Gasteiger charge is -2.56. The molecule has 4 unspecified atom stereocenters. The van der Waals surface area contributed by atoms with Gasteiger partial charge >= 0.3 is 11.9 Å². The number of carbonyl (C=O) groups excluding carboxylic acids is 3. The number of hydrogen-bond donors (Lipinski definition) is 0. The number of esters is 2. The summed E-state index contributed by atoms with van der Waals surface area (Å²) < 4.78 is 11.8. The first-order valence-electron chi connectivity index (χ1n) is 12.9. The summed E-state index contributed by atoms with van der Waals surface area (Å²) >= 11 is 4.91. The Morgan fingerprint density at radius 3 is 2.62 bits per heavy atom. The number of aryl methyl sites for hydroxylation is 1. The molecule has 7 rings (SSSR count). The first-order chi connectivity index (χ1) is 18.9. The van der Waals surface area contributed by atoms with Crippen LogP contribution in [0.3, 0.4) is 0 Å². The number of amides is 1. The largest absolute Gasteiger partial charge is 0.456 e. The van der Waals surface area contributed by atoms with Crippen molar-refractivity contribution in [3.63, 3.8) is 0 Å². The number of hydrogen-bond acceptors (Lipinski definition) is 9. The Hall–Kier alpha value is -3.19. The van der Waals surface area contributed by atoms with Crippen molar-refractivity contribution in [2.24, 2.45) is 18.4 Å². The van der Waals surface area contributed by atoms with E-state index in [1.807, 2.05) is 11.7 Å². The molecule has 3 heterocycles. The summed E-state index contributed by atoms with van der Waals surface area (Å²) in [7, 11) is 1.89. The third kappa shape index (κ3) is 3.76. The van der Waals surface area contributed by atoms with Gasteiger partial charge in [0.15, 0.2) is 10.4 Å². The number of nitrogens with zero attached hydrogens (tertiary/aromatic N) is 4. The van der Waals surface area contributed by atoms with E-state index in [0.29, 0.717) is 23.1 Å². The number of fused-ring (bicyclic) bond motifs is 1. The van der Waals surface area contributed by atoms with Crippen LogP contribution in [0, 0.1) is 21.4 Å². The zero-order chi connectivity index (χ0) is 28.7. The van der Waals surface area contributed by atoms with Crippen molar-refractivity contribution in [3.05, 3.63) is 68.0 Å². The van der Waals surface area contributed by atoms with Gasteiger partial charge in [-0.1, -0.05) is 29.8 Å². The van der Waals surface area contributed by atoms with E-state index in [0.717, 1.165) is 24.1 Å². The van der Waals surface area contributed by atoms with E-state index >= 15 is 0 Å². The van der Waals surface area contributed by atoms with Crippen molar-refractivity contribution in [2.75, 3.05) is 0 Å². The summed E-state index contributed by atoms with van der Waals surface area (Å²) in [6.45, 7) is 5.74. The van der Waals surface area contributed by atoms with Crippen LogP contribution >= 0.6 is 27.7 Å². The van der Waals surface area contributed by atoms with Gasteiger partial charge in [0.2, 0.25) is 0 Å². The van der Waals surface area contributed by atoms with Gasteiger partial charge in [0.05, 0.1) is 4.92 Å². The molecule has 0 N–H and O–H groups in total. The number of nitro benzene ring substituents is 1. The van der Waals surface area contributed by atoms with Crippen LogP contribution in [0.25, 0.3) is 0 Å². The van der Waals surface area contributed by atoms with Crippen molar-refractivity contribution in [2.45, 2.75) is 61.9 Å². The van der Waals surface area contributed by atoms with Gasteiger partial charge in [0.1, 0.15) is 23.4 Å². The standard InChI is InChI=1S/C27H27BrN4O7S/c1-13(33)39-22(20-17-9-15-10-18(26(15,2)3)21(17)30(4)29-20)27(28)24(35)31-19(12-40-25(27)31)23(34)38-11-14-5-7-16(8-6-14)32(36)37/h5-8,12,15,18,22,25H,9-11H2,1-4H3/t15?,18?,22?,25-,27?/m1/s1. The molecule has 3 aliphatic carbocycles. The number of nitro groups is 1. The zero-order valence-electron chi connectivity index (χ0n) is 22.3. The highest BCUT2D eigenvalue weighted by Gasteiger charge is 2.70. The molecule has 0 radical (unpaired) electrons. The summed E-state index contributed by atoms with van der Waals surface area (Å²) in [5, 5.41) is 16.7. The van der Waals surface area contributed by atoms with Crippen LogP contribution in [-0.4, -0.2) is 47.1 Å². The summed E-state index contributed by atoms with van der Waals surface area (Å²) in [6, 6.07) is 5.68. The third-order valence-corrected chi connectivity index (χ3v) is 11.5. The summed E-state index contributed by atoms with van der Waals surface area (Å²) in [5.41, 5.74) is 3.51. The molecule has 2 aromatic rings. The van der Waals surface area contributed by atoms with Gasteiger partial charge in [0, 0.05) is 48.7 Å². The lowest BCUT2D eigenvalue weighted by atomic mass is 9.48. The van der Waals surface area contributed by atoms with E-state index in [2.05, 4.69) is 29.8 Å². The van der Waals surface area contributed by atoms with Crippen molar-refractivity contribution in [1.82, 2.24) is 14.7 Å². The second kappa shape index (κ2) is 9.16. The smallest absolute Gasteiger partial charge is 0.355 e. The zero-order valence-corrected chi connectivity index (χ0v) is 24.7. The molecule has 2 bridgehead atoms. The number of rotatable bonds is 7. The fraction of sp³-hybridized carbons (Fsp3) is 0.481. The number of benzene rings is 1. The second-order valence-electron chi connectivity index (χ2n) is 11.3. The Labute approximate surface area is 242 Å². The van der Waals surface area contributed by atoms with Crippen molar-refractivity contribution in [3.8, 4) is 0 Å². The predicted molar refractivity (Wildman–Crippen MR) is 147 cm³/mol. The minimum Gasteiger partial charge on any atom is -0.456 e. The summed E-state index contributed by atoms with van der Waals surface area (Å²) in [5.74, 6) is -0.810. The Kier molecular flexibility index (Phi) is 6.19. The number of alkyl halides is 1. The van der Waals surface area contributed by atoms with Gasteiger partial charge in [-0.15, -0.1) is 11.8 Å². The van der Waals surface area contributed by atoms with Crippen molar-refractivity contribution < 1.29 is 28.8 Å². The second-order valence-corrected chi connectivity index (χ2v) is 13.6. The molecule has 2 aliphatic heterocycles. The number of thioether (sulfide) groups is 1. The van der Waals surface area contributed by atoms with Crippen LogP contribution in [0.2, 0.25) is 0 Å². The number of aromatic nitrogens is 2. The quantitative estimate of drug-likeness (QED) is 0.145. The third-order valence-electron chi connectivity index (χ3n) is 8.82. The van der Waals surface area contributed by atoms with Crippen LogP contribution in [0.1, 0.15) is 61.7 Å². The lowest BCUT2D eigenvalue weighted by Crippen LogP contribution is -2.70. The number of halogens is 1. The average molecular weight is 632 g/mol. The molecule has 2 fully saturated rings. The van der Waals surface area contributed by atoms with Crippen LogP contribution < -0.4 is 0 Å². The maximum atomic E-state index is 13.7. The lowest BCUT2D eigenvalue weighted by molar-refractivity contribution is -0.384. The maximum absolute atomic E-state index is 13.7. The monoisotopic (exact) mass is 630 g/mol. The topological polar surface area (TPSA) is 134 Å². The van der Waals surface area contributed by atoms with Crippen molar-refractivity contribution in [1.29, 1.82) is 0 Å². The van der Waals surface area contributed by atoms with Gasteiger partial charge in [-0.2, -0.15) is 5.10 Å². The van der Waals surface area contributed by atoms with E-state index in [1.54, 1.807) is 5.41 Å². The van der Waals surface area contributed by atoms with Crippen LogP contribution in [-0.2, 0) is 43.9 Å². The molecule has 5 aliphatic rings. The molecule has 210 valence electrons. The van der Waals surface area contributed by atoms with Gasteiger partial charge < -0.3 is 9.47 Å². The molecule has 0 spiro atoms. The van der Waals surface area contributed by atoms with Gasteiger partial charge in [-0.25, -0.2) is 4.79 Å². The molecule has 1 amide bonds. The van der Waals surface area contributed by atoms with E-state index < -0.39 is 38.6 Å². The van der Waals surface area contributed by atoms with Crippen LogP contribution in [0.15, 0.2) is 35.4 Å². The molecule has 5 atom stereocenters. The SMILES string of the molecule is CC(=O)OC(c1nn(C)c2c1CC1CC2C1(C)C)C1(Br)C(=O)N2C(C(=O)OCc3ccc([N+](=O)[O-])cc3)=CS[C@@H]21. The maximum Gasteiger partial charge on any atom is 0.355 e. The highest BCUT2D eigenvalue weighted by atomic mass is 79.9. The number of β-lactam (4-membered cyclic amide) rings is 1. The minimum absolute atomic E-state index is 0.0649. The Bertz CT molecular complexity index is 1500. The number of carbonyl (C=O) groups is 3. The minimum atomic E-state index is -1.32. The summed E-state index contributed by atoms with van der Waals surface area (Å²) in [6.07, 6.45) is 0.916. The van der Waals surface area contributed by atoms with Gasteiger partial charge in [0.25, 0.3) is 11.6 Å². The fourth-order valence-electron chi connectivity index (χ4n) is 6.46. The summed E-state index contributed by atoms with van der Waals surface area (Å²) in [4.78, 5) is 50.6. The first-order valence-corrected chi connectivity index (χ1v) is 14.6.